The quantitative estimate of drug-likeness (QED) is 0.164. The van der Waals surface area contributed by atoms with Crippen LogP contribution in [-0.4, -0.2) is 9.55 Å². The summed E-state index contributed by atoms with van der Waals surface area (Å²) in [6.07, 6.45) is 1.90. The highest BCUT2D eigenvalue weighted by Gasteiger charge is 2.19. The monoisotopic (exact) mass is 698 g/mol. The van der Waals surface area contributed by atoms with Crippen LogP contribution >= 0.6 is 0 Å². The van der Waals surface area contributed by atoms with Crippen LogP contribution in [0.25, 0.3) is 104 Å². The molecule has 0 amide bonds. The Bertz CT molecular complexity index is 3180. The maximum atomic E-state index is 4.89. The van der Waals surface area contributed by atoms with Crippen molar-refractivity contribution in [2.24, 2.45) is 0 Å². The van der Waals surface area contributed by atoms with Crippen molar-refractivity contribution in [3.8, 4) is 50.2 Å². The number of hydrogen-bond acceptors (Lipinski definition) is 1. The first-order valence-corrected chi connectivity index (χ1v) is 18.9. The minimum atomic E-state index is 1.01. The molecule has 0 atom stereocenters. The molecule has 256 valence electrons. The fourth-order valence-corrected chi connectivity index (χ4v) is 8.76. The summed E-state index contributed by atoms with van der Waals surface area (Å²) in [4.78, 5) is 4.89. The molecule has 0 aliphatic heterocycles. The standard InChI is InChI=1S/C53H34N2/c1-4-15-35(16-5-1)46-34-40(37-28-29-49-48(32-37)53-50(25-14-30-54-53)55(49)41-19-8-3-9-20-41)31-38-26-27-39(33-47(38)46)52-44-23-12-10-21-42(44)51(36-17-6-2-7-18-36)43-22-11-13-24-45(43)52/h1-34H. The lowest BCUT2D eigenvalue weighted by atomic mass is 9.85. The average molecular weight is 699 g/mol. The maximum absolute atomic E-state index is 4.89. The van der Waals surface area contributed by atoms with Gasteiger partial charge in [-0.1, -0.05) is 146 Å². The largest absolute Gasteiger partial charge is 0.308 e. The fourth-order valence-electron chi connectivity index (χ4n) is 8.76. The van der Waals surface area contributed by atoms with Crippen molar-refractivity contribution in [3.63, 3.8) is 0 Å². The summed E-state index contributed by atoms with van der Waals surface area (Å²) >= 11 is 0. The number of hydrogen-bond donors (Lipinski definition) is 0. The second-order valence-corrected chi connectivity index (χ2v) is 14.3. The minimum absolute atomic E-state index is 1.01. The highest BCUT2D eigenvalue weighted by atomic mass is 15.0. The van der Waals surface area contributed by atoms with Crippen molar-refractivity contribution in [2.45, 2.75) is 0 Å². The van der Waals surface area contributed by atoms with Crippen LogP contribution in [0.15, 0.2) is 206 Å². The van der Waals surface area contributed by atoms with Gasteiger partial charge in [0.05, 0.1) is 16.6 Å². The van der Waals surface area contributed by atoms with Crippen LogP contribution in [0.1, 0.15) is 0 Å². The van der Waals surface area contributed by atoms with Crippen LogP contribution in [0, 0.1) is 0 Å². The Morgan fingerprint density at radius 2 is 0.891 bits per heavy atom. The van der Waals surface area contributed by atoms with E-state index in [9.17, 15) is 0 Å². The van der Waals surface area contributed by atoms with Crippen LogP contribution in [0.5, 0.6) is 0 Å². The van der Waals surface area contributed by atoms with Gasteiger partial charge in [0.2, 0.25) is 0 Å². The molecule has 0 N–H and O–H groups in total. The zero-order chi connectivity index (χ0) is 36.3. The Hall–Kier alpha value is -7.29. The van der Waals surface area contributed by atoms with E-state index in [1.54, 1.807) is 0 Å². The van der Waals surface area contributed by atoms with Gasteiger partial charge in [-0.3, -0.25) is 4.98 Å². The molecule has 0 saturated carbocycles. The Labute approximate surface area is 319 Å². The third-order valence-corrected chi connectivity index (χ3v) is 11.2. The topological polar surface area (TPSA) is 17.8 Å². The SMILES string of the molecule is c1ccc(-c2cc(-c3ccc4c(c3)c3ncccc3n4-c3ccccc3)cc3ccc(-c4c5ccccc5c(-c5ccccc5)c5ccccc45)cc23)cc1. The number of rotatable bonds is 5. The third-order valence-electron chi connectivity index (χ3n) is 11.2. The number of nitrogens with zero attached hydrogens (tertiary/aromatic N) is 2. The molecule has 0 radical (unpaired) electrons. The lowest BCUT2D eigenvalue weighted by molar-refractivity contribution is 1.18. The number of pyridine rings is 1. The number of para-hydroxylation sites is 1. The summed E-state index contributed by atoms with van der Waals surface area (Å²) in [5.41, 5.74) is 14.2. The molecule has 0 bridgehead atoms. The van der Waals surface area contributed by atoms with Crippen LogP contribution in [-0.2, 0) is 0 Å². The molecule has 0 unspecified atom stereocenters. The number of benzene rings is 9. The van der Waals surface area contributed by atoms with E-state index in [-0.39, 0.29) is 0 Å². The van der Waals surface area contributed by atoms with Crippen LogP contribution in [0.4, 0.5) is 0 Å². The van der Waals surface area contributed by atoms with Crippen molar-refractivity contribution in [3.05, 3.63) is 206 Å². The van der Waals surface area contributed by atoms with Crippen LogP contribution in [0.2, 0.25) is 0 Å². The molecule has 0 aliphatic rings. The third kappa shape index (κ3) is 5.07. The second kappa shape index (κ2) is 12.7. The van der Waals surface area contributed by atoms with E-state index in [0.29, 0.717) is 0 Å². The van der Waals surface area contributed by atoms with Gasteiger partial charge in [0.1, 0.15) is 0 Å². The lowest BCUT2D eigenvalue weighted by Gasteiger charge is -2.19. The first-order valence-electron chi connectivity index (χ1n) is 18.9. The van der Waals surface area contributed by atoms with Crippen molar-refractivity contribution in [1.29, 1.82) is 0 Å². The first kappa shape index (κ1) is 31.3. The van der Waals surface area contributed by atoms with E-state index in [4.69, 9.17) is 4.98 Å². The van der Waals surface area contributed by atoms with Gasteiger partial charge in [-0.05, 0) is 131 Å². The van der Waals surface area contributed by atoms with E-state index in [1.165, 1.54) is 76.8 Å². The Balaban J connectivity index is 1.14. The second-order valence-electron chi connectivity index (χ2n) is 14.3. The van der Waals surface area contributed by atoms with E-state index in [0.717, 1.165) is 27.6 Å². The Kier molecular flexibility index (Phi) is 7.21. The molecule has 0 fully saturated rings. The molecule has 2 heterocycles. The van der Waals surface area contributed by atoms with Crippen molar-refractivity contribution < 1.29 is 0 Å². The smallest absolute Gasteiger partial charge is 0.0963 e. The van der Waals surface area contributed by atoms with Gasteiger partial charge >= 0.3 is 0 Å². The Morgan fingerprint density at radius 3 is 1.56 bits per heavy atom. The van der Waals surface area contributed by atoms with Gasteiger partial charge < -0.3 is 4.57 Å². The van der Waals surface area contributed by atoms with Gasteiger partial charge in [0, 0.05) is 17.3 Å². The highest BCUT2D eigenvalue weighted by Crippen LogP contribution is 2.45. The van der Waals surface area contributed by atoms with Crippen LogP contribution in [0.3, 0.4) is 0 Å². The van der Waals surface area contributed by atoms with E-state index >= 15 is 0 Å². The van der Waals surface area contributed by atoms with Gasteiger partial charge in [-0.15, -0.1) is 0 Å². The summed E-state index contributed by atoms with van der Waals surface area (Å²) < 4.78 is 2.32. The molecule has 9 aromatic carbocycles. The molecule has 2 nitrogen and oxygen atoms in total. The molecule has 2 heteroatoms. The van der Waals surface area contributed by atoms with Crippen molar-refractivity contribution in [2.75, 3.05) is 0 Å². The van der Waals surface area contributed by atoms with E-state index in [1.807, 2.05) is 12.3 Å². The molecule has 2 aromatic heterocycles. The normalized spacial score (nSPS) is 11.6. The lowest BCUT2D eigenvalue weighted by Crippen LogP contribution is -1.93. The Morgan fingerprint density at radius 1 is 0.327 bits per heavy atom. The van der Waals surface area contributed by atoms with Crippen molar-refractivity contribution in [1.82, 2.24) is 9.55 Å². The zero-order valence-electron chi connectivity index (χ0n) is 30.0. The fraction of sp³-hybridized carbons (Fsp3) is 0. The van der Waals surface area contributed by atoms with Crippen molar-refractivity contribution >= 4 is 54.3 Å². The molecule has 11 rings (SSSR count). The highest BCUT2D eigenvalue weighted by molar-refractivity contribution is 6.22. The van der Waals surface area contributed by atoms with Gasteiger partial charge in [0.25, 0.3) is 0 Å². The van der Waals surface area contributed by atoms with E-state index < -0.39 is 0 Å². The predicted molar refractivity (Wildman–Crippen MR) is 233 cm³/mol. The van der Waals surface area contributed by atoms with E-state index in [2.05, 4.69) is 199 Å². The molecular formula is C53H34N2. The van der Waals surface area contributed by atoms with Crippen LogP contribution < -0.4 is 0 Å². The number of aromatic nitrogens is 2. The summed E-state index contributed by atoms with van der Waals surface area (Å²) in [7, 11) is 0. The zero-order valence-corrected chi connectivity index (χ0v) is 30.0. The maximum Gasteiger partial charge on any atom is 0.0963 e. The molecule has 55 heavy (non-hydrogen) atoms. The summed E-state index contributed by atoms with van der Waals surface area (Å²) in [6, 6.07) is 72.8. The summed E-state index contributed by atoms with van der Waals surface area (Å²) in [5, 5.41) is 8.63. The van der Waals surface area contributed by atoms with Gasteiger partial charge in [0.15, 0.2) is 0 Å². The molecule has 0 spiro atoms. The summed E-state index contributed by atoms with van der Waals surface area (Å²) in [6.45, 7) is 0. The molecule has 0 saturated heterocycles. The van der Waals surface area contributed by atoms with Gasteiger partial charge in [-0.2, -0.15) is 0 Å². The molecule has 11 aromatic rings. The minimum Gasteiger partial charge on any atom is -0.308 e. The number of fused-ring (bicyclic) bond motifs is 6. The van der Waals surface area contributed by atoms with Gasteiger partial charge in [-0.25, -0.2) is 0 Å². The average Bonchev–Trinajstić information content (AvgIpc) is 3.59. The molecule has 0 aliphatic carbocycles. The molecular weight excluding hydrogens is 665 g/mol. The first-order chi connectivity index (χ1) is 27.3. The summed E-state index contributed by atoms with van der Waals surface area (Å²) in [5.74, 6) is 0. The predicted octanol–water partition coefficient (Wildman–Crippen LogP) is 14.3.